The summed E-state index contributed by atoms with van der Waals surface area (Å²) in [5.41, 5.74) is 0. The molecule has 1 aromatic rings. The Morgan fingerprint density at radius 3 is 3.10 bits per heavy atom. The Bertz CT molecular complexity index is 481. The van der Waals surface area contributed by atoms with Crippen molar-refractivity contribution in [1.29, 1.82) is 0 Å². The maximum absolute atomic E-state index is 10.9. The smallest absolute Gasteiger partial charge is 0.303 e. The summed E-state index contributed by atoms with van der Waals surface area (Å²) in [7, 11) is 0. The van der Waals surface area contributed by atoms with Gasteiger partial charge in [-0.2, -0.15) is 0 Å². The van der Waals surface area contributed by atoms with Gasteiger partial charge in [-0.05, 0) is 31.6 Å². The Kier molecular flexibility index (Phi) is 5.36. The monoisotopic (exact) mass is 293 g/mol. The molecule has 1 aliphatic rings. The second-order valence-corrected chi connectivity index (χ2v) is 5.57. The van der Waals surface area contributed by atoms with Gasteiger partial charge in [0.1, 0.15) is 12.1 Å². The van der Waals surface area contributed by atoms with Crippen LogP contribution in [0, 0.1) is 11.8 Å². The molecule has 116 valence electrons. The maximum atomic E-state index is 10.9. The van der Waals surface area contributed by atoms with Gasteiger partial charge >= 0.3 is 5.97 Å². The first-order chi connectivity index (χ1) is 10.1. The number of carboxylic acids is 1. The van der Waals surface area contributed by atoms with Crippen molar-refractivity contribution in [2.45, 2.75) is 33.1 Å². The summed E-state index contributed by atoms with van der Waals surface area (Å²) < 4.78 is 5.41. The minimum atomic E-state index is -0.722. The molecule has 1 N–H and O–H groups in total. The van der Waals surface area contributed by atoms with E-state index < -0.39 is 5.97 Å². The number of nitrogens with zero attached hydrogens (tertiary/aromatic N) is 3. The van der Waals surface area contributed by atoms with Crippen LogP contribution in [0.25, 0.3) is 0 Å². The summed E-state index contributed by atoms with van der Waals surface area (Å²) >= 11 is 0. The number of hydrogen-bond acceptors (Lipinski definition) is 5. The lowest BCUT2D eigenvalue weighted by Gasteiger charge is -2.36. The summed E-state index contributed by atoms with van der Waals surface area (Å²) in [6.45, 7) is 6.31. The largest absolute Gasteiger partial charge is 0.481 e. The van der Waals surface area contributed by atoms with Crippen LogP contribution in [0.3, 0.4) is 0 Å². The molecule has 0 bridgehead atoms. The topological polar surface area (TPSA) is 75.5 Å². The van der Waals surface area contributed by atoms with Crippen LogP contribution in [0.2, 0.25) is 0 Å². The first kappa shape index (κ1) is 15.5. The Labute approximate surface area is 125 Å². The van der Waals surface area contributed by atoms with E-state index in [4.69, 9.17) is 9.84 Å². The van der Waals surface area contributed by atoms with Gasteiger partial charge in [0, 0.05) is 25.6 Å². The van der Waals surface area contributed by atoms with Gasteiger partial charge in [-0.25, -0.2) is 9.97 Å². The van der Waals surface area contributed by atoms with Gasteiger partial charge in [-0.1, -0.05) is 6.92 Å². The standard InChI is InChI=1S/C15H23N3O3/c1-3-21-14-8-13(16-10-17-14)18-6-4-5-12(9-18)11(2)7-15(19)20/h8,10-12H,3-7,9H2,1-2H3,(H,19,20). The maximum Gasteiger partial charge on any atom is 0.303 e. The zero-order valence-corrected chi connectivity index (χ0v) is 12.7. The minimum absolute atomic E-state index is 0.179. The molecule has 1 aromatic heterocycles. The molecular formula is C15H23N3O3. The second kappa shape index (κ2) is 7.24. The number of aromatic nitrogens is 2. The van der Waals surface area contributed by atoms with Gasteiger partial charge in [-0.15, -0.1) is 0 Å². The first-order valence-electron chi connectivity index (χ1n) is 7.51. The molecule has 0 radical (unpaired) electrons. The van der Waals surface area contributed by atoms with E-state index in [2.05, 4.69) is 14.9 Å². The Morgan fingerprint density at radius 2 is 2.38 bits per heavy atom. The molecule has 6 heteroatoms. The number of anilines is 1. The van der Waals surface area contributed by atoms with Crippen LogP contribution in [0.4, 0.5) is 5.82 Å². The summed E-state index contributed by atoms with van der Waals surface area (Å²) in [4.78, 5) is 21.5. The highest BCUT2D eigenvalue weighted by atomic mass is 16.5. The third kappa shape index (κ3) is 4.31. The summed E-state index contributed by atoms with van der Waals surface area (Å²) in [6, 6.07) is 1.85. The van der Waals surface area contributed by atoms with Gasteiger partial charge in [0.05, 0.1) is 6.61 Å². The van der Waals surface area contributed by atoms with Crippen molar-refractivity contribution in [3.8, 4) is 5.88 Å². The van der Waals surface area contributed by atoms with E-state index in [1.54, 1.807) is 0 Å². The number of hydrogen-bond donors (Lipinski definition) is 1. The normalized spacial score (nSPS) is 20.1. The Hall–Kier alpha value is -1.85. The Morgan fingerprint density at radius 1 is 1.57 bits per heavy atom. The summed E-state index contributed by atoms with van der Waals surface area (Å²) in [5.74, 6) is 1.29. The molecule has 1 saturated heterocycles. The lowest BCUT2D eigenvalue weighted by Crippen LogP contribution is -2.38. The fourth-order valence-corrected chi connectivity index (χ4v) is 2.85. The Balaban J connectivity index is 2.03. The van der Waals surface area contributed by atoms with Crippen molar-refractivity contribution in [2.75, 3.05) is 24.6 Å². The van der Waals surface area contributed by atoms with E-state index in [1.807, 2.05) is 19.9 Å². The van der Waals surface area contributed by atoms with Crippen LogP contribution in [0.15, 0.2) is 12.4 Å². The minimum Gasteiger partial charge on any atom is -0.481 e. The molecule has 2 heterocycles. The number of carbonyl (C=O) groups is 1. The predicted molar refractivity (Wildman–Crippen MR) is 79.6 cm³/mol. The van der Waals surface area contributed by atoms with Crippen LogP contribution in [0.1, 0.15) is 33.1 Å². The molecular weight excluding hydrogens is 270 g/mol. The number of carboxylic acid groups (broad SMARTS) is 1. The molecule has 0 saturated carbocycles. The van der Waals surface area contributed by atoms with E-state index in [-0.39, 0.29) is 12.3 Å². The highest BCUT2D eigenvalue weighted by Gasteiger charge is 2.26. The van der Waals surface area contributed by atoms with Gasteiger partial charge < -0.3 is 14.7 Å². The molecule has 0 aromatic carbocycles. The predicted octanol–water partition coefficient (Wildman–Crippen LogP) is 2.20. The number of ether oxygens (including phenoxy) is 1. The average molecular weight is 293 g/mol. The quantitative estimate of drug-likeness (QED) is 0.866. The third-order valence-electron chi connectivity index (χ3n) is 4.00. The molecule has 1 fully saturated rings. The number of rotatable bonds is 6. The zero-order valence-electron chi connectivity index (χ0n) is 12.7. The van der Waals surface area contributed by atoms with Crippen LogP contribution >= 0.6 is 0 Å². The average Bonchev–Trinajstić information content (AvgIpc) is 2.47. The highest BCUT2D eigenvalue weighted by Crippen LogP contribution is 2.29. The van der Waals surface area contributed by atoms with E-state index in [9.17, 15) is 4.79 Å². The molecule has 2 rings (SSSR count). The fourth-order valence-electron chi connectivity index (χ4n) is 2.85. The lowest BCUT2D eigenvalue weighted by atomic mass is 9.84. The molecule has 2 atom stereocenters. The van der Waals surface area contributed by atoms with Crippen molar-refractivity contribution in [1.82, 2.24) is 9.97 Å². The van der Waals surface area contributed by atoms with E-state index >= 15 is 0 Å². The van der Waals surface area contributed by atoms with Crippen molar-refractivity contribution in [3.05, 3.63) is 12.4 Å². The SMILES string of the molecule is CCOc1cc(N2CCCC(C(C)CC(=O)O)C2)ncn1. The van der Waals surface area contributed by atoms with Crippen LogP contribution in [-0.2, 0) is 4.79 Å². The van der Waals surface area contributed by atoms with E-state index in [0.717, 1.165) is 31.7 Å². The number of aliphatic carboxylic acids is 1. The molecule has 6 nitrogen and oxygen atoms in total. The van der Waals surface area contributed by atoms with Crippen LogP contribution in [0.5, 0.6) is 5.88 Å². The lowest BCUT2D eigenvalue weighted by molar-refractivity contribution is -0.138. The molecule has 0 spiro atoms. The van der Waals surface area contributed by atoms with Crippen LogP contribution in [-0.4, -0.2) is 40.7 Å². The second-order valence-electron chi connectivity index (χ2n) is 5.57. The summed E-state index contributed by atoms with van der Waals surface area (Å²) in [6.07, 6.45) is 3.88. The molecule has 21 heavy (non-hydrogen) atoms. The van der Waals surface area contributed by atoms with Crippen molar-refractivity contribution >= 4 is 11.8 Å². The van der Waals surface area contributed by atoms with Crippen LogP contribution < -0.4 is 9.64 Å². The van der Waals surface area contributed by atoms with Gasteiger partial charge in [0.15, 0.2) is 0 Å². The molecule has 2 unspecified atom stereocenters. The first-order valence-corrected chi connectivity index (χ1v) is 7.51. The van der Waals surface area contributed by atoms with Gasteiger partial charge in [0.2, 0.25) is 5.88 Å². The van der Waals surface area contributed by atoms with Gasteiger partial charge in [0.25, 0.3) is 0 Å². The van der Waals surface area contributed by atoms with Gasteiger partial charge in [-0.3, -0.25) is 4.79 Å². The molecule has 1 aliphatic heterocycles. The van der Waals surface area contributed by atoms with Crippen molar-refractivity contribution in [3.63, 3.8) is 0 Å². The third-order valence-corrected chi connectivity index (χ3v) is 4.00. The fraction of sp³-hybridized carbons (Fsp3) is 0.667. The van der Waals surface area contributed by atoms with E-state index in [0.29, 0.717) is 18.4 Å². The molecule has 0 amide bonds. The van der Waals surface area contributed by atoms with Crippen molar-refractivity contribution < 1.29 is 14.6 Å². The number of piperidine rings is 1. The highest BCUT2D eigenvalue weighted by molar-refractivity contribution is 5.67. The zero-order chi connectivity index (χ0) is 15.2. The molecule has 0 aliphatic carbocycles. The van der Waals surface area contributed by atoms with E-state index in [1.165, 1.54) is 6.33 Å². The summed E-state index contributed by atoms with van der Waals surface area (Å²) in [5, 5.41) is 8.94. The van der Waals surface area contributed by atoms with Crippen molar-refractivity contribution in [2.24, 2.45) is 11.8 Å².